The van der Waals surface area contributed by atoms with Crippen LogP contribution in [0.4, 0.5) is 0 Å². The normalized spacial score (nSPS) is 40.4. The molecule has 0 aromatic heterocycles. The van der Waals surface area contributed by atoms with Crippen LogP contribution < -0.4 is 0 Å². The second-order valence-electron chi connectivity index (χ2n) is 14.3. The van der Waals surface area contributed by atoms with Gasteiger partial charge in [-0.1, -0.05) is 104 Å². The molecule has 3 heteroatoms. The number of rotatable bonds is 5. The van der Waals surface area contributed by atoms with E-state index >= 15 is 0 Å². The quantitative estimate of drug-likeness (QED) is 0.302. The minimum Gasteiger partial charge on any atom is -0.342 e. The van der Waals surface area contributed by atoms with Crippen LogP contribution in [0, 0.1) is 52.3 Å². The highest BCUT2D eigenvalue weighted by molar-refractivity contribution is 9.09. The van der Waals surface area contributed by atoms with Gasteiger partial charge in [0.05, 0.1) is 0 Å². The summed E-state index contributed by atoms with van der Waals surface area (Å²) in [7, 11) is 2.07. The lowest BCUT2D eigenvalue weighted by Crippen LogP contribution is -2.64. The highest BCUT2D eigenvalue weighted by Gasteiger charge is 2.63. The number of likely N-dealkylation sites (tertiary alicyclic amines) is 1. The lowest BCUT2D eigenvalue weighted by atomic mass is 9.46. The van der Waals surface area contributed by atoms with Gasteiger partial charge in [-0.15, -0.1) is 0 Å². The number of carbonyl (C=O) groups is 1. The fourth-order valence-electron chi connectivity index (χ4n) is 9.06. The zero-order chi connectivity index (χ0) is 27.4. The van der Waals surface area contributed by atoms with Crippen molar-refractivity contribution in [3.63, 3.8) is 0 Å². The summed E-state index contributed by atoms with van der Waals surface area (Å²) in [6.07, 6.45) is 12.9. The molecule has 1 aliphatic heterocycles. The van der Waals surface area contributed by atoms with Crippen molar-refractivity contribution in [1.29, 1.82) is 0 Å². The van der Waals surface area contributed by atoms with Gasteiger partial charge >= 0.3 is 0 Å². The highest BCUT2D eigenvalue weighted by Crippen LogP contribution is 2.68. The fourth-order valence-corrected chi connectivity index (χ4v) is 10.1. The number of halogens is 1. The Morgan fingerprint density at radius 1 is 0.917 bits per heavy atom. The maximum absolute atomic E-state index is 12.4. The number of hydrogen-bond donors (Lipinski definition) is 0. The Balaban J connectivity index is 0.000000694. The molecule has 212 valence electrons. The predicted octanol–water partition coefficient (Wildman–Crippen LogP) is 9.99. The number of nitrogens with zero attached hydrogens (tertiary/aromatic N) is 1. The summed E-state index contributed by atoms with van der Waals surface area (Å²) < 4.78 is 0. The second-order valence-corrected chi connectivity index (χ2v) is 15.5. The standard InChI is InChI=1S/C27H46BrNO.C4H10.C2H6/c1-17(2)8-7-9-18(3)19-10-11-20-25-21(12-14-26(19,20)4)27(5)15-13-24(30)29(6)23(27)16-22(25)28;1-4(2)3;1-2/h17-23,25H,7-16H2,1-6H3;4H,1-3H3;1-2H3/t18?,19?,20?,21?,22-,23?,25?,26+,27+;;/m0../s1. The van der Waals surface area contributed by atoms with E-state index < -0.39 is 0 Å². The molecule has 0 spiro atoms. The molecule has 0 bridgehead atoms. The molecule has 1 heterocycles. The maximum atomic E-state index is 12.4. The first-order valence-corrected chi connectivity index (χ1v) is 16.6. The summed E-state index contributed by atoms with van der Waals surface area (Å²) in [5, 5.41) is 0. The molecule has 0 aromatic carbocycles. The van der Waals surface area contributed by atoms with Crippen LogP contribution in [0.15, 0.2) is 0 Å². The molecule has 0 aromatic rings. The van der Waals surface area contributed by atoms with E-state index in [1.54, 1.807) is 0 Å². The molecule has 36 heavy (non-hydrogen) atoms. The molecule has 4 fully saturated rings. The van der Waals surface area contributed by atoms with E-state index in [4.69, 9.17) is 0 Å². The Bertz CT molecular complexity index is 688. The van der Waals surface area contributed by atoms with Crippen LogP contribution in [0.1, 0.15) is 133 Å². The van der Waals surface area contributed by atoms with Gasteiger partial charge in [-0.25, -0.2) is 0 Å². The number of amides is 1. The largest absolute Gasteiger partial charge is 0.342 e. The van der Waals surface area contributed by atoms with Crippen molar-refractivity contribution in [1.82, 2.24) is 4.90 Å². The second kappa shape index (κ2) is 13.3. The van der Waals surface area contributed by atoms with Gasteiger partial charge < -0.3 is 4.90 Å². The monoisotopic (exact) mass is 567 g/mol. The van der Waals surface area contributed by atoms with Gasteiger partial charge in [-0.3, -0.25) is 4.79 Å². The molecule has 4 rings (SSSR count). The summed E-state index contributed by atoms with van der Waals surface area (Å²) >= 11 is 4.20. The summed E-state index contributed by atoms with van der Waals surface area (Å²) in [5.41, 5.74) is 0.851. The smallest absolute Gasteiger partial charge is 0.222 e. The Labute approximate surface area is 234 Å². The number of fused-ring (bicyclic) bond motifs is 5. The van der Waals surface area contributed by atoms with Crippen LogP contribution in [-0.4, -0.2) is 28.7 Å². The molecule has 1 saturated heterocycles. The molecule has 0 radical (unpaired) electrons. The van der Waals surface area contributed by atoms with Gasteiger partial charge in [0.15, 0.2) is 0 Å². The first-order valence-electron chi connectivity index (χ1n) is 15.7. The van der Waals surface area contributed by atoms with E-state index in [9.17, 15) is 4.79 Å². The lowest BCUT2D eigenvalue weighted by molar-refractivity contribution is -0.157. The van der Waals surface area contributed by atoms with Crippen LogP contribution in [0.2, 0.25) is 0 Å². The van der Waals surface area contributed by atoms with Crippen molar-refractivity contribution >= 4 is 21.8 Å². The van der Waals surface area contributed by atoms with Crippen LogP contribution in [0.3, 0.4) is 0 Å². The number of carbonyl (C=O) groups excluding carboxylic acids is 1. The summed E-state index contributed by atoms with van der Waals surface area (Å²) in [6.45, 7) is 23.0. The van der Waals surface area contributed by atoms with E-state index in [-0.39, 0.29) is 0 Å². The van der Waals surface area contributed by atoms with Crippen molar-refractivity contribution in [2.45, 2.75) is 144 Å². The third kappa shape index (κ3) is 6.56. The lowest BCUT2D eigenvalue weighted by Gasteiger charge is -2.63. The minimum absolute atomic E-state index is 0.319. The maximum Gasteiger partial charge on any atom is 0.222 e. The van der Waals surface area contributed by atoms with E-state index in [0.29, 0.717) is 27.6 Å². The van der Waals surface area contributed by atoms with E-state index in [2.05, 4.69) is 83.3 Å². The average molecular weight is 569 g/mol. The van der Waals surface area contributed by atoms with E-state index in [1.165, 1.54) is 44.9 Å². The Morgan fingerprint density at radius 2 is 1.50 bits per heavy atom. The van der Waals surface area contributed by atoms with Gasteiger partial charge in [0.2, 0.25) is 5.91 Å². The van der Waals surface area contributed by atoms with Crippen LogP contribution in [0.25, 0.3) is 0 Å². The molecule has 2 nitrogen and oxygen atoms in total. The van der Waals surface area contributed by atoms with Gasteiger partial charge in [-0.05, 0) is 90.8 Å². The first-order chi connectivity index (χ1) is 16.8. The van der Waals surface area contributed by atoms with Crippen LogP contribution in [-0.2, 0) is 4.79 Å². The zero-order valence-corrected chi connectivity index (χ0v) is 27.6. The Morgan fingerprint density at radius 3 is 2.08 bits per heavy atom. The minimum atomic E-state index is 0.319. The van der Waals surface area contributed by atoms with Crippen molar-refractivity contribution < 1.29 is 4.79 Å². The molecular weight excluding hydrogens is 506 g/mol. The molecule has 6 unspecified atom stereocenters. The van der Waals surface area contributed by atoms with Gasteiger partial charge in [-0.2, -0.15) is 0 Å². The molecule has 4 aliphatic rings. The molecule has 1 amide bonds. The van der Waals surface area contributed by atoms with Gasteiger partial charge in [0.25, 0.3) is 0 Å². The van der Waals surface area contributed by atoms with Crippen molar-refractivity contribution in [2.24, 2.45) is 52.3 Å². The van der Waals surface area contributed by atoms with Crippen molar-refractivity contribution in [3.05, 3.63) is 0 Å². The topological polar surface area (TPSA) is 20.3 Å². The van der Waals surface area contributed by atoms with Gasteiger partial charge in [0, 0.05) is 24.3 Å². The Hall–Kier alpha value is -0.0500. The van der Waals surface area contributed by atoms with Crippen molar-refractivity contribution in [2.75, 3.05) is 7.05 Å². The zero-order valence-electron chi connectivity index (χ0n) is 26.0. The number of alkyl halides is 1. The summed E-state index contributed by atoms with van der Waals surface area (Å²) in [4.78, 5) is 15.1. The van der Waals surface area contributed by atoms with E-state index in [1.807, 2.05) is 13.8 Å². The van der Waals surface area contributed by atoms with E-state index in [0.717, 1.165) is 60.7 Å². The number of piperidine rings is 1. The molecule has 9 atom stereocenters. The molecule has 3 saturated carbocycles. The van der Waals surface area contributed by atoms with Crippen LogP contribution >= 0.6 is 15.9 Å². The van der Waals surface area contributed by atoms with Crippen LogP contribution in [0.5, 0.6) is 0 Å². The predicted molar refractivity (Wildman–Crippen MR) is 161 cm³/mol. The highest BCUT2D eigenvalue weighted by atomic mass is 79.9. The summed E-state index contributed by atoms with van der Waals surface area (Å²) in [5.74, 6) is 6.28. The number of hydrogen-bond acceptors (Lipinski definition) is 1. The van der Waals surface area contributed by atoms with Crippen molar-refractivity contribution in [3.8, 4) is 0 Å². The fraction of sp³-hybridized carbons (Fsp3) is 0.970. The Kier molecular flexibility index (Phi) is 11.9. The third-order valence-corrected chi connectivity index (χ3v) is 11.7. The summed E-state index contributed by atoms with van der Waals surface area (Å²) in [6, 6.07) is 0.431. The first kappa shape index (κ1) is 32.2. The molecule has 3 aliphatic carbocycles. The SMILES string of the molecule is CC.CC(C)C.CC(C)CCCC(C)C1CCC2C3C(CC[C@]12C)[C@@]1(C)CCC(=O)N(C)C1C[C@@H]3Br. The third-order valence-electron chi connectivity index (χ3n) is 10.7. The molecule has 0 N–H and O–H groups in total. The van der Waals surface area contributed by atoms with Gasteiger partial charge in [0.1, 0.15) is 0 Å². The average Bonchev–Trinajstić information content (AvgIpc) is 3.16. The molecular formula is C33H62BrNO.